The van der Waals surface area contributed by atoms with E-state index < -0.39 is 0 Å². The second-order valence-corrected chi connectivity index (χ2v) is 15.2. The monoisotopic (exact) mass is 769 g/mol. The van der Waals surface area contributed by atoms with Gasteiger partial charge in [-0.15, -0.1) is 0 Å². The average molecular weight is 769 g/mol. The lowest BCUT2D eigenvalue weighted by Crippen LogP contribution is -2.19. The van der Waals surface area contributed by atoms with Gasteiger partial charge in [-0.3, -0.25) is 9.59 Å². The largest absolute Gasteiger partial charge is 0.491 e. The smallest absolute Gasteiger partial charge is 0.305 e. The van der Waals surface area contributed by atoms with Crippen molar-refractivity contribution in [3.05, 3.63) is 59.7 Å². The zero-order valence-corrected chi connectivity index (χ0v) is 35.2. The molecule has 0 N–H and O–H groups in total. The van der Waals surface area contributed by atoms with Crippen LogP contribution in [0.1, 0.15) is 167 Å². The first-order chi connectivity index (χ1) is 26.9. The van der Waals surface area contributed by atoms with Crippen LogP contribution in [-0.2, 0) is 34.0 Å². The number of carbonyl (C=O) groups excluding carboxylic acids is 2. The van der Waals surface area contributed by atoms with Crippen molar-refractivity contribution < 1.29 is 38.0 Å². The molecule has 55 heavy (non-hydrogen) atoms. The molecule has 0 saturated heterocycles. The second-order valence-electron chi connectivity index (χ2n) is 15.2. The molecule has 0 atom stereocenters. The Morgan fingerprint density at radius 2 is 0.727 bits per heavy atom. The van der Waals surface area contributed by atoms with Crippen LogP contribution in [0.15, 0.2) is 48.5 Å². The third-order valence-electron chi connectivity index (χ3n) is 10.1. The molecule has 0 unspecified atom stereocenters. The van der Waals surface area contributed by atoms with E-state index in [1.807, 2.05) is 24.3 Å². The van der Waals surface area contributed by atoms with Crippen LogP contribution >= 0.6 is 0 Å². The summed E-state index contributed by atoms with van der Waals surface area (Å²) in [5.74, 6) is 1.30. The van der Waals surface area contributed by atoms with Crippen LogP contribution in [0.5, 0.6) is 11.5 Å². The topological polar surface area (TPSA) is 89.5 Å². The van der Waals surface area contributed by atoms with Crippen LogP contribution < -0.4 is 9.47 Å². The number of carbonyl (C=O) groups is 2. The van der Waals surface area contributed by atoms with Gasteiger partial charge in [0, 0.05) is 18.3 Å². The van der Waals surface area contributed by atoms with Gasteiger partial charge in [-0.2, -0.15) is 0 Å². The van der Waals surface area contributed by atoms with Gasteiger partial charge in [0.1, 0.15) is 37.9 Å². The highest BCUT2D eigenvalue weighted by atomic mass is 16.6. The maximum atomic E-state index is 11.9. The molecule has 8 heteroatoms. The van der Waals surface area contributed by atoms with Gasteiger partial charge in [-0.1, -0.05) is 155 Å². The lowest BCUT2D eigenvalue weighted by atomic mass is 9.78. The molecule has 0 saturated carbocycles. The van der Waals surface area contributed by atoms with Crippen molar-refractivity contribution in [3.8, 4) is 11.5 Å². The first kappa shape index (κ1) is 48.0. The minimum Gasteiger partial charge on any atom is -0.491 e. The van der Waals surface area contributed by atoms with Crippen LogP contribution in [0.3, 0.4) is 0 Å². The summed E-state index contributed by atoms with van der Waals surface area (Å²) in [5, 5.41) is 0. The summed E-state index contributed by atoms with van der Waals surface area (Å²) in [6, 6.07) is 16.3. The Bertz CT molecular complexity index is 1120. The summed E-state index contributed by atoms with van der Waals surface area (Å²) in [5.41, 5.74) is 2.15. The van der Waals surface area contributed by atoms with E-state index in [2.05, 4.69) is 52.0 Å². The fourth-order valence-electron chi connectivity index (χ4n) is 6.48. The number of esters is 2. The highest BCUT2D eigenvalue weighted by Gasteiger charge is 2.23. The maximum Gasteiger partial charge on any atom is 0.305 e. The fourth-order valence-corrected chi connectivity index (χ4v) is 6.48. The molecule has 0 fully saturated rings. The molecular weight excluding hydrogens is 693 g/mol. The molecule has 0 aliphatic carbocycles. The fraction of sp³-hybridized carbons (Fsp3) is 0.702. The van der Waals surface area contributed by atoms with Gasteiger partial charge in [0.2, 0.25) is 0 Å². The zero-order valence-electron chi connectivity index (χ0n) is 35.2. The lowest BCUT2D eigenvalue weighted by Gasteiger charge is -2.26. The highest BCUT2D eigenvalue weighted by Crippen LogP contribution is 2.33. The van der Waals surface area contributed by atoms with Crippen molar-refractivity contribution in [1.29, 1.82) is 0 Å². The highest BCUT2D eigenvalue weighted by molar-refractivity contribution is 5.69. The molecule has 8 nitrogen and oxygen atoms in total. The molecule has 0 spiro atoms. The van der Waals surface area contributed by atoms with Crippen molar-refractivity contribution in [2.45, 2.75) is 162 Å². The van der Waals surface area contributed by atoms with E-state index in [9.17, 15) is 9.59 Å². The Hall–Kier alpha value is -3.10. The van der Waals surface area contributed by atoms with Crippen LogP contribution in [0.2, 0.25) is 0 Å². The predicted molar refractivity (Wildman–Crippen MR) is 223 cm³/mol. The quantitative estimate of drug-likeness (QED) is 0.0500. The minimum absolute atomic E-state index is 0.136. The van der Waals surface area contributed by atoms with E-state index in [-0.39, 0.29) is 30.6 Å². The molecule has 2 aromatic carbocycles. The molecule has 0 aliphatic heterocycles. The Kier molecular flexibility index (Phi) is 28.0. The van der Waals surface area contributed by atoms with Gasteiger partial charge in [0.25, 0.3) is 0 Å². The van der Waals surface area contributed by atoms with Gasteiger partial charge in [-0.05, 0) is 48.2 Å². The van der Waals surface area contributed by atoms with Gasteiger partial charge in [0.15, 0.2) is 0 Å². The molecule has 0 radical (unpaired) electrons. The van der Waals surface area contributed by atoms with Crippen LogP contribution in [-0.4, -0.2) is 64.8 Å². The third-order valence-corrected chi connectivity index (χ3v) is 10.1. The standard InChI is InChI=1S/C47H76O8/c1-5-7-9-11-13-15-17-19-21-23-45(48)54-39-35-50-33-37-52-43-29-25-41(26-30-43)47(3,4)42-27-31-44(32-28-42)53-38-34-51-36-40-55-46(49)24-22-20-18-16-14-12-10-8-6-2/h25-32H,5-24,33-40H2,1-4H3. The Morgan fingerprint density at radius 1 is 0.418 bits per heavy atom. The number of unbranched alkanes of at least 4 members (excludes halogenated alkanes) is 16. The Morgan fingerprint density at radius 3 is 1.07 bits per heavy atom. The first-order valence-corrected chi connectivity index (χ1v) is 21.8. The SMILES string of the molecule is CCCCCCCCCCCC(=O)OCCOCCOc1ccc(C(C)(C)c2ccc(OCCOCCOC(=O)CCCCCCCCCCC)cc2)cc1. The third kappa shape index (κ3) is 24.2. The summed E-state index contributed by atoms with van der Waals surface area (Å²) in [6.07, 6.45) is 23.1. The first-order valence-electron chi connectivity index (χ1n) is 21.8. The summed E-state index contributed by atoms with van der Waals surface area (Å²) in [7, 11) is 0. The van der Waals surface area contributed by atoms with E-state index in [0.29, 0.717) is 52.5 Å². The molecule has 0 heterocycles. The van der Waals surface area contributed by atoms with Crippen molar-refractivity contribution in [2.24, 2.45) is 0 Å². The lowest BCUT2D eigenvalue weighted by molar-refractivity contribution is -0.146. The molecule has 312 valence electrons. The number of hydrogen-bond donors (Lipinski definition) is 0. The number of hydrogen-bond acceptors (Lipinski definition) is 8. The Labute approximate surface area is 334 Å². The number of ether oxygens (including phenoxy) is 6. The van der Waals surface area contributed by atoms with Crippen molar-refractivity contribution in [3.63, 3.8) is 0 Å². The van der Waals surface area contributed by atoms with Crippen molar-refractivity contribution in [2.75, 3.05) is 52.9 Å². The van der Waals surface area contributed by atoms with Crippen LogP contribution in [0.4, 0.5) is 0 Å². The van der Waals surface area contributed by atoms with E-state index in [1.165, 1.54) is 101 Å². The van der Waals surface area contributed by atoms with Crippen molar-refractivity contribution >= 4 is 11.9 Å². The molecule has 0 aliphatic rings. The minimum atomic E-state index is -0.208. The summed E-state index contributed by atoms with van der Waals surface area (Å²) >= 11 is 0. The van der Waals surface area contributed by atoms with Gasteiger partial charge in [-0.25, -0.2) is 0 Å². The van der Waals surface area contributed by atoms with Crippen molar-refractivity contribution in [1.82, 2.24) is 0 Å². The van der Waals surface area contributed by atoms with Gasteiger partial charge < -0.3 is 28.4 Å². The van der Waals surface area contributed by atoms with Crippen LogP contribution in [0.25, 0.3) is 0 Å². The number of rotatable bonds is 36. The van der Waals surface area contributed by atoms with E-state index in [0.717, 1.165) is 37.2 Å². The molecule has 0 amide bonds. The zero-order chi connectivity index (χ0) is 39.7. The van der Waals surface area contributed by atoms with Crippen LogP contribution in [0, 0.1) is 0 Å². The normalized spacial score (nSPS) is 11.4. The molecule has 0 aromatic heterocycles. The summed E-state index contributed by atoms with van der Waals surface area (Å²) < 4.78 is 33.5. The Balaban J connectivity index is 1.49. The molecule has 2 aromatic rings. The summed E-state index contributed by atoms with van der Waals surface area (Å²) in [6.45, 7) is 11.9. The molecule has 0 bridgehead atoms. The summed E-state index contributed by atoms with van der Waals surface area (Å²) in [4.78, 5) is 23.9. The molecular formula is C47H76O8. The van der Waals surface area contributed by atoms with E-state index >= 15 is 0 Å². The van der Waals surface area contributed by atoms with E-state index in [1.54, 1.807) is 0 Å². The predicted octanol–water partition coefficient (Wildman–Crippen LogP) is 11.7. The van der Waals surface area contributed by atoms with Gasteiger partial charge >= 0.3 is 11.9 Å². The average Bonchev–Trinajstić information content (AvgIpc) is 3.19. The maximum absolute atomic E-state index is 11.9. The molecule has 2 rings (SSSR count). The second kappa shape index (κ2) is 32.0. The van der Waals surface area contributed by atoms with E-state index in [4.69, 9.17) is 28.4 Å². The van der Waals surface area contributed by atoms with Gasteiger partial charge in [0.05, 0.1) is 26.4 Å². The number of benzene rings is 2.